The molecule has 1 aromatic carbocycles. The molecule has 2 atom stereocenters. The fraction of sp³-hybridized carbons (Fsp3) is 0.381. The molecule has 1 saturated heterocycles. The average Bonchev–Trinajstić information content (AvgIpc) is 3.27. The summed E-state index contributed by atoms with van der Waals surface area (Å²) in [4.78, 5) is 40.3. The lowest BCUT2D eigenvalue weighted by Gasteiger charge is -2.22. The fourth-order valence-electron chi connectivity index (χ4n) is 4.38. The van der Waals surface area contributed by atoms with E-state index in [1.807, 2.05) is 30.2 Å². The van der Waals surface area contributed by atoms with Crippen LogP contribution in [0.5, 0.6) is 0 Å². The van der Waals surface area contributed by atoms with Crippen LogP contribution in [0.2, 0.25) is 0 Å². The van der Waals surface area contributed by atoms with Crippen LogP contribution in [0.15, 0.2) is 30.0 Å². The molecular formula is C21H22N2O5. The Hall–Kier alpha value is -3.09. The second kappa shape index (κ2) is 6.82. The van der Waals surface area contributed by atoms with Crippen LogP contribution in [-0.2, 0) is 23.9 Å². The predicted molar refractivity (Wildman–Crippen MR) is 102 cm³/mol. The van der Waals surface area contributed by atoms with E-state index in [-0.39, 0.29) is 11.9 Å². The fourth-order valence-corrected chi connectivity index (χ4v) is 4.38. The second-order valence-electron chi connectivity index (χ2n) is 7.24. The van der Waals surface area contributed by atoms with Crippen molar-refractivity contribution in [3.8, 4) is 0 Å². The minimum absolute atomic E-state index is 0.0970. The largest absolute Gasteiger partial charge is 0.466 e. The van der Waals surface area contributed by atoms with Gasteiger partial charge in [-0.2, -0.15) is 0 Å². The maximum absolute atomic E-state index is 12.9. The number of nitrogens with one attached hydrogen (secondary N) is 1. The third-order valence-electron chi connectivity index (χ3n) is 5.68. The van der Waals surface area contributed by atoms with Gasteiger partial charge in [0, 0.05) is 30.0 Å². The van der Waals surface area contributed by atoms with Gasteiger partial charge in [-0.15, -0.1) is 0 Å². The van der Waals surface area contributed by atoms with Crippen molar-refractivity contribution in [3.63, 3.8) is 0 Å². The van der Waals surface area contributed by atoms with Crippen LogP contribution in [0.4, 0.5) is 5.69 Å². The quantitative estimate of drug-likeness (QED) is 0.789. The number of nitrogens with zero attached hydrogens (tertiary/aromatic N) is 1. The van der Waals surface area contributed by atoms with Crippen molar-refractivity contribution in [1.29, 1.82) is 0 Å². The Morgan fingerprint density at radius 3 is 2.64 bits per heavy atom. The molecule has 0 aliphatic carbocycles. The number of carbonyl (C=O) groups excluding carboxylic acids is 3. The van der Waals surface area contributed by atoms with Crippen LogP contribution in [0.3, 0.4) is 0 Å². The van der Waals surface area contributed by atoms with Crippen molar-refractivity contribution >= 4 is 29.1 Å². The molecule has 1 fully saturated rings. The van der Waals surface area contributed by atoms with Crippen molar-refractivity contribution in [3.05, 3.63) is 46.7 Å². The summed E-state index contributed by atoms with van der Waals surface area (Å²) in [6, 6.07) is 3.56. The van der Waals surface area contributed by atoms with E-state index < -0.39 is 17.9 Å². The standard InChI is InChI=1S/C21H22N2O5/c1-11-6-7-15-18-16(11)14(21(26)28-3)10-23-8-4-5-12(23)9-13(20(25)27-2)17(18)19(24)22-15/h6-7,9-10,12,17H,4-5,8H2,1-3H3,(H,22,24)/b13-9+,14-10+/t12-,17-/m0/s1. The number of hydrogen-bond donors (Lipinski definition) is 1. The van der Waals surface area contributed by atoms with E-state index in [4.69, 9.17) is 9.47 Å². The molecular weight excluding hydrogens is 360 g/mol. The Morgan fingerprint density at radius 1 is 1.18 bits per heavy atom. The number of fused-ring (bicyclic) bond motifs is 1. The first-order valence-electron chi connectivity index (χ1n) is 9.27. The van der Waals surface area contributed by atoms with Gasteiger partial charge >= 0.3 is 11.9 Å². The van der Waals surface area contributed by atoms with Crippen molar-refractivity contribution in [2.45, 2.75) is 31.7 Å². The van der Waals surface area contributed by atoms with Gasteiger partial charge in [-0.05, 0) is 37.0 Å². The SMILES string of the molecule is COC(=O)/C1=C/N2CCC[C@H]2/C=C(/C(=O)OC)[C@@H]2C(=O)Nc3ccc(C)c1c32. The van der Waals surface area contributed by atoms with Gasteiger partial charge in [0.2, 0.25) is 5.91 Å². The number of methoxy groups -OCH3 is 2. The smallest absolute Gasteiger partial charge is 0.339 e. The zero-order valence-corrected chi connectivity index (χ0v) is 16.1. The zero-order valence-electron chi connectivity index (χ0n) is 16.1. The number of esters is 2. The monoisotopic (exact) mass is 382 g/mol. The molecule has 0 unspecified atom stereocenters. The Labute approximate surface area is 163 Å². The van der Waals surface area contributed by atoms with Crippen molar-refractivity contribution in [2.75, 3.05) is 26.1 Å². The number of anilines is 1. The summed E-state index contributed by atoms with van der Waals surface area (Å²) < 4.78 is 10.1. The summed E-state index contributed by atoms with van der Waals surface area (Å²) in [7, 11) is 2.65. The van der Waals surface area contributed by atoms with Gasteiger partial charge in [0.25, 0.3) is 0 Å². The van der Waals surface area contributed by atoms with Gasteiger partial charge < -0.3 is 19.7 Å². The predicted octanol–water partition coefficient (Wildman–Crippen LogP) is 2.12. The third-order valence-corrected chi connectivity index (χ3v) is 5.68. The highest BCUT2D eigenvalue weighted by Gasteiger charge is 2.42. The molecule has 1 N–H and O–H groups in total. The van der Waals surface area contributed by atoms with Gasteiger partial charge in [-0.25, -0.2) is 9.59 Å². The molecule has 3 aliphatic heterocycles. The van der Waals surface area contributed by atoms with Crippen molar-refractivity contribution < 1.29 is 23.9 Å². The summed E-state index contributed by atoms with van der Waals surface area (Å²) in [5.41, 5.74) is 3.39. The molecule has 1 aromatic rings. The Kier molecular flexibility index (Phi) is 4.45. The summed E-state index contributed by atoms with van der Waals surface area (Å²) in [5, 5.41) is 2.85. The molecule has 0 radical (unpaired) electrons. The molecule has 7 heteroatoms. The number of carbonyl (C=O) groups is 3. The third kappa shape index (κ3) is 2.69. The number of aryl methyl sites for hydroxylation is 1. The van der Waals surface area contributed by atoms with E-state index in [1.165, 1.54) is 14.2 Å². The first-order chi connectivity index (χ1) is 13.5. The van der Waals surface area contributed by atoms with Gasteiger partial charge in [0.1, 0.15) is 0 Å². The van der Waals surface area contributed by atoms with Crippen LogP contribution in [0.25, 0.3) is 5.57 Å². The first kappa shape index (κ1) is 18.3. The molecule has 4 rings (SSSR count). The maximum Gasteiger partial charge on any atom is 0.339 e. The van der Waals surface area contributed by atoms with Gasteiger partial charge in [0.05, 0.1) is 31.3 Å². The van der Waals surface area contributed by atoms with E-state index in [1.54, 1.807) is 6.07 Å². The highest BCUT2D eigenvalue weighted by atomic mass is 16.5. The second-order valence-corrected chi connectivity index (χ2v) is 7.24. The van der Waals surface area contributed by atoms with Crippen LogP contribution < -0.4 is 5.32 Å². The molecule has 0 saturated carbocycles. The Balaban J connectivity index is 2.05. The number of amides is 1. The molecule has 7 nitrogen and oxygen atoms in total. The topological polar surface area (TPSA) is 84.9 Å². The van der Waals surface area contributed by atoms with Crippen molar-refractivity contribution in [1.82, 2.24) is 4.90 Å². The lowest BCUT2D eigenvalue weighted by molar-refractivity contribution is -0.137. The van der Waals surface area contributed by atoms with Gasteiger partial charge in [-0.1, -0.05) is 12.1 Å². The van der Waals surface area contributed by atoms with Crippen LogP contribution >= 0.6 is 0 Å². The Morgan fingerprint density at radius 2 is 1.93 bits per heavy atom. The molecule has 0 spiro atoms. The lowest BCUT2D eigenvalue weighted by Crippen LogP contribution is -2.26. The highest BCUT2D eigenvalue weighted by molar-refractivity contribution is 6.20. The van der Waals surface area contributed by atoms with E-state index in [9.17, 15) is 14.4 Å². The van der Waals surface area contributed by atoms with E-state index in [0.29, 0.717) is 28.0 Å². The average molecular weight is 382 g/mol. The Bertz CT molecular complexity index is 946. The number of ether oxygens (including phenoxy) is 2. The number of hydrogen-bond acceptors (Lipinski definition) is 6. The first-order valence-corrected chi connectivity index (χ1v) is 9.27. The molecule has 3 aliphatic rings. The zero-order chi connectivity index (χ0) is 20.0. The van der Waals surface area contributed by atoms with E-state index >= 15 is 0 Å². The van der Waals surface area contributed by atoms with Crippen molar-refractivity contribution in [2.24, 2.45) is 0 Å². The summed E-state index contributed by atoms with van der Waals surface area (Å²) in [6.45, 7) is 2.63. The minimum atomic E-state index is -0.828. The van der Waals surface area contributed by atoms with E-state index in [2.05, 4.69) is 5.32 Å². The lowest BCUT2D eigenvalue weighted by atomic mass is 9.84. The highest BCUT2D eigenvalue weighted by Crippen LogP contribution is 2.45. The molecule has 0 aromatic heterocycles. The van der Waals surface area contributed by atoms with Crippen LogP contribution in [-0.4, -0.2) is 49.6 Å². The molecule has 3 heterocycles. The van der Waals surface area contributed by atoms with E-state index in [0.717, 1.165) is 24.9 Å². The van der Waals surface area contributed by atoms with Crippen LogP contribution in [0.1, 0.15) is 35.4 Å². The molecule has 146 valence electrons. The maximum atomic E-state index is 12.9. The normalized spacial score (nSPS) is 26.4. The van der Waals surface area contributed by atoms with Gasteiger partial charge in [0.15, 0.2) is 0 Å². The molecule has 0 bridgehead atoms. The minimum Gasteiger partial charge on any atom is -0.466 e. The van der Waals surface area contributed by atoms with Crippen LogP contribution in [0, 0.1) is 6.92 Å². The number of rotatable bonds is 2. The summed E-state index contributed by atoms with van der Waals surface area (Å²) >= 11 is 0. The molecule has 28 heavy (non-hydrogen) atoms. The molecule has 1 amide bonds. The summed E-state index contributed by atoms with van der Waals surface area (Å²) in [6.07, 6.45) is 5.37. The summed E-state index contributed by atoms with van der Waals surface area (Å²) in [5.74, 6) is -2.13. The number of benzene rings is 1. The van der Waals surface area contributed by atoms with Gasteiger partial charge in [-0.3, -0.25) is 4.79 Å².